The van der Waals surface area contributed by atoms with E-state index in [9.17, 15) is 0 Å². The van der Waals surface area contributed by atoms with Crippen LogP contribution in [-0.2, 0) is 15.9 Å². The molecule has 3 nitrogen and oxygen atoms in total. The van der Waals surface area contributed by atoms with E-state index in [1.807, 2.05) is 30.3 Å². The second-order valence-corrected chi connectivity index (χ2v) is 22.7. The Kier molecular flexibility index (Phi) is 15.1. The average molecular weight is 860 g/mol. The van der Waals surface area contributed by atoms with E-state index in [1.54, 1.807) is 31.6 Å². The van der Waals surface area contributed by atoms with Gasteiger partial charge in [-0.1, -0.05) is 134 Å². The van der Waals surface area contributed by atoms with Crippen LogP contribution in [0.1, 0.15) is 63.9 Å². The summed E-state index contributed by atoms with van der Waals surface area (Å²) < 4.78 is 34.8. The molecule has 1 heterocycles. The molecule has 7 heteroatoms. The van der Waals surface area contributed by atoms with Crippen molar-refractivity contribution in [1.29, 1.82) is 0 Å². The molecule has 1 aromatic heterocycles. The minimum atomic E-state index is -1.54. The number of hydrogen-bond acceptors (Lipinski definition) is 4. The molecule has 0 aliphatic heterocycles. The molecule has 0 saturated heterocycles. The van der Waals surface area contributed by atoms with E-state index in [1.165, 1.54) is 10.8 Å². The van der Waals surface area contributed by atoms with Crippen LogP contribution in [0.4, 0.5) is 4.39 Å². The zero-order chi connectivity index (χ0) is 40.2. The van der Waals surface area contributed by atoms with Crippen molar-refractivity contribution < 1.29 is 18.6 Å². The molecule has 6 aromatic rings. The molecule has 0 aliphatic rings. The zero-order valence-corrected chi connectivity index (χ0v) is 37.0. The quantitative estimate of drug-likeness (QED) is 0.0373. The normalized spacial score (nSPS) is 12.6. The van der Waals surface area contributed by atoms with E-state index in [0.29, 0.717) is 12.2 Å². The Balaban J connectivity index is 1.54. The lowest BCUT2D eigenvalue weighted by atomic mass is 9.84. The molecule has 6 rings (SSSR count). The lowest BCUT2D eigenvalue weighted by Gasteiger charge is -2.22. The Bertz CT molecular complexity index is 2260. The summed E-state index contributed by atoms with van der Waals surface area (Å²) in [6.45, 7) is 7.97. The summed E-state index contributed by atoms with van der Waals surface area (Å²) >= 11 is 5.40. The van der Waals surface area contributed by atoms with Crippen LogP contribution in [0.2, 0.25) is 19.6 Å². The summed E-state index contributed by atoms with van der Waals surface area (Å²) in [5, 5.41) is 1.40. The lowest BCUT2D eigenvalue weighted by molar-refractivity contribution is -0.0313. The summed E-state index contributed by atoms with van der Waals surface area (Å²) in [5.41, 5.74) is 10.1. The highest BCUT2D eigenvalue weighted by molar-refractivity contribution is 9.11. The van der Waals surface area contributed by atoms with Crippen molar-refractivity contribution >= 4 is 62.8 Å². The molecule has 0 fully saturated rings. The van der Waals surface area contributed by atoms with Crippen LogP contribution in [0.15, 0.2) is 143 Å². The highest BCUT2D eigenvalue weighted by Crippen LogP contribution is 2.42. The molecule has 0 N–H and O–H groups in total. The van der Waals surface area contributed by atoms with Crippen molar-refractivity contribution in [2.45, 2.75) is 51.7 Å². The third-order valence-electron chi connectivity index (χ3n) is 10.2. The number of hydrogen-bond donors (Lipinski definition) is 0. The minimum Gasteiger partial charge on any atom is -0.497 e. The van der Waals surface area contributed by atoms with Gasteiger partial charge in [-0.15, -0.1) is 11.3 Å². The highest BCUT2D eigenvalue weighted by Gasteiger charge is 2.22. The summed E-state index contributed by atoms with van der Waals surface area (Å²) in [7, 11) is 1.77. The molecule has 5 aromatic carbocycles. The maximum absolute atomic E-state index is 17.4. The number of ether oxygens (including phenoxy) is 3. The van der Waals surface area contributed by atoms with Gasteiger partial charge in [-0.05, 0) is 123 Å². The fourth-order valence-corrected chi connectivity index (χ4v) is 9.88. The Morgan fingerprint density at radius 2 is 1.28 bits per heavy atom. The van der Waals surface area contributed by atoms with Gasteiger partial charge in [0.05, 0.1) is 19.0 Å². The molecule has 57 heavy (non-hydrogen) atoms. The van der Waals surface area contributed by atoms with Crippen LogP contribution < -0.4 is 9.92 Å². The number of rotatable bonds is 18. The molecular weight excluding hydrogens is 808 g/mol. The second-order valence-electron chi connectivity index (χ2n) is 15.2. The first-order valence-corrected chi connectivity index (χ1v) is 24.7. The molecular formula is C50H52BrFO3SSi. The Labute approximate surface area is 352 Å². The van der Waals surface area contributed by atoms with Gasteiger partial charge in [-0.25, -0.2) is 4.39 Å². The first kappa shape index (κ1) is 42.2. The Morgan fingerprint density at radius 1 is 0.649 bits per heavy atom. The SMILES string of the molecule is COCOCCCC/C(=C(\c1ccccc1)c1ccc(Br)s1)c1ccc(/C(=C(/CCc2ccccc2)c2ccc([Si](C)(C)C)cc2)c2ccc(OC)cc2)c(F)c1. The van der Waals surface area contributed by atoms with Crippen LogP contribution in [0, 0.1) is 5.82 Å². The van der Waals surface area contributed by atoms with Crippen molar-refractivity contribution in [3.63, 3.8) is 0 Å². The van der Waals surface area contributed by atoms with Gasteiger partial charge in [0.15, 0.2) is 0 Å². The van der Waals surface area contributed by atoms with Crippen molar-refractivity contribution in [3.05, 3.63) is 187 Å². The Morgan fingerprint density at radius 3 is 1.89 bits per heavy atom. The standard InChI is InChI=1S/C50H52BrFO3SSi/c1-53-35-55-33-13-12-18-43(50(38-16-10-7-11-17-38)47-31-32-48(51)56-47)40-24-30-45(46(52)34-40)49(39-20-25-41(54-2)26-21-39)44(29-19-36-14-8-6-9-15-36)37-22-27-42(28-23-37)57(3,4)5/h6-11,14-17,20-28,30-32,34H,12-13,18-19,29,33,35H2,1-5H3/b49-44-,50-43-. The summed E-state index contributed by atoms with van der Waals surface area (Å²) in [6.07, 6.45) is 4.04. The smallest absolute Gasteiger partial charge is 0.146 e. The van der Waals surface area contributed by atoms with Gasteiger partial charge >= 0.3 is 0 Å². The molecule has 0 aliphatic carbocycles. The average Bonchev–Trinajstić information content (AvgIpc) is 3.66. The fourth-order valence-electron chi connectivity index (χ4n) is 7.24. The topological polar surface area (TPSA) is 27.7 Å². The maximum Gasteiger partial charge on any atom is 0.146 e. The van der Waals surface area contributed by atoms with E-state index >= 15 is 4.39 Å². The third kappa shape index (κ3) is 11.2. The van der Waals surface area contributed by atoms with E-state index in [2.05, 4.69) is 139 Å². The third-order valence-corrected chi connectivity index (χ3v) is 13.9. The molecule has 0 unspecified atom stereocenters. The van der Waals surface area contributed by atoms with Crippen molar-refractivity contribution in [2.24, 2.45) is 0 Å². The Hall–Kier alpha value is -4.37. The summed E-state index contributed by atoms with van der Waals surface area (Å²) in [4.78, 5) is 1.13. The van der Waals surface area contributed by atoms with Gasteiger partial charge < -0.3 is 14.2 Å². The highest BCUT2D eigenvalue weighted by atomic mass is 79.9. The van der Waals surface area contributed by atoms with Crippen molar-refractivity contribution in [2.75, 3.05) is 27.6 Å². The number of methoxy groups -OCH3 is 2. The van der Waals surface area contributed by atoms with Gasteiger partial charge in [0.1, 0.15) is 18.4 Å². The first-order chi connectivity index (χ1) is 27.7. The number of thiophene rings is 1. The summed E-state index contributed by atoms with van der Waals surface area (Å²) in [6, 6.07) is 48.2. The van der Waals surface area contributed by atoms with Gasteiger partial charge in [0, 0.05) is 29.7 Å². The lowest BCUT2D eigenvalue weighted by Crippen LogP contribution is -2.37. The van der Waals surface area contributed by atoms with Crippen LogP contribution >= 0.6 is 27.3 Å². The van der Waals surface area contributed by atoms with E-state index in [0.717, 1.165) is 91.1 Å². The van der Waals surface area contributed by atoms with Crippen molar-refractivity contribution in [1.82, 2.24) is 0 Å². The molecule has 0 amide bonds. The number of unbranched alkanes of at least 4 members (excludes halogenated alkanes) is 1. The number of aryl methyl sites for hydroxylation is 1. The van der Waals surface area contributed by atoms with Crippen molar-refractivity contribution in [3.8, 4) is 5.75 Å². The van der Waals surface area contributed by atoms with Crippen LogP contribution in [0.5, 0.6) is 5.75 Å². The number of allylic oxidation sites excluding steroid dienone is 2. The first-order valence-electron chi connectivity index (χ1n) is 19.6. The summed E-state index contributed by atoms with van der Waals surface area (Å²) in [5.74, 6) is 0.505. The van der Waals surface area contributed by atoms with E-state index in [4.69, 9.17) is 14.2 Å². The van der Waals surface area contributed by atoms with Gasteiger partial charge in [-0.3, -0.25) is 0 Å². The van der Waals surface area contributed by atoms with E-state index in [-0.39, 0.29) is 12.6 Å². The molecule has 0 atom stereocenters. The fraction of sp³-hybridized carbons (Fsp3) is 0.240. The van der Waals surface area contributed by atoms with Gasteiger partial charge in [0.25, 0.3) is 0 Å². The zero-order valence-electron chi connectivity index (χ0n) is 33.6. The minimum absolute atomic E-state index is 0.255. The second kappa shape index (κ2) is 20.4. The predicted molar refractivity (Wildman–Crippen MR) is 246 cm³/mol. The number of halogens is 2. The molecule has 0 radical (unpaired) electrons. The molecule has 0 saturated carbocycles. The van der Waals surface area contributed by atoms with Crippen LogP contribution in [0.25, 0.3) is 22.3 Å². The molecule has 0 spiro atoms. The molecule has 294 valence electrons. The van der Waals surface area contributed by atoms with Gasteiger partial charge in [0.2, 0.25) is 0 Å². The van der Waals surface area contributed by atoms with E-state index < -0.39 is 8.07 Å². The largest absolute Gasteiger partial charge is 0.497 e. The maximum atomic E-state index is 17.4. The van der Waals surface area contributed by atoms with Gasteiger partial charge in [-0.2, -0.15) is 0 Å². The van der Waals surface area contributed by atoms with Crippen LogP contribution in [-0.4, -0.2) is 35.7 Å². The number of benzene rings is 5. The molecule has 0 bridgehead atoms. The van der Waals surface area contributed by atoms with Crippen LogP contribution in [0.3, 0.4) is 0 Å². The predicted octanol–water partition coefficient (Wildman–Crippen LogP) is 13.5. The monoisotopic (exact) mass is 858 g/mol.